The average molecular weight is 375 g/mol. The number of hydrogen-bond acceptors (Lipinski definition) is 3. The Morgan fingerprint density at radius 3 is 2.74 bits per heavy atom. The highest BCUT2D eigenvalue weighted by atomic mass is 19.2. The molecule has 2 fully saturated rings. The van der Waals surface area contributed by atoms with Gasteiger partial charge in [-0.1, -0.05) is 0 Å². The first-order valence-electron chi connectivity index (χ1n) is 9.50. The van der Waals surface area contributed by atoms with Gasteiger partial charge in [-0.25, -0.2) is 13.8 Å². The molecule has 2 aliphatic heterocycles. The highest BCUT2D eigenvalue weighted by Crippen LogP contribution is 2.29. The highest BCUT2D eigenvalue weighted by molar-refractivity contribution is 5.76. The van der Waals surface area contributed by atoms with Gasteiger partial charge in [-0.15, -0.1) is 0 Å². The zero-order chi connectivity index (χ0) is 18.8. The smallest absolute Gasteiger partial charge is 0.225 e. The minimum absolute atomic E-state index is 0.0824. The number of aromatic amines is 1. The zero-order valence-electron chi connectivity index (χ0n) is 15.1. The number of H-pyrrole nitrogens is 1. The summed E-state index contributed by atoms with van der Waals surface area (Å²) < 4.78 is 32.1. The SMILES string of the molecule is O=C(C[C@H]1CCCO1)N1CCC(c2ncc(-c3ccc(F)c(F)c3)[nH]2)CC1. The molecule has 1 amide bonds. The highest BCUT2D eigenvalue weighted by Gasteiger charge is 2.28. The van der Waals surface area contributed by atoms with Crippen LogP contribution in [0.3, 0.4) is 0 Å². The van der Waals surface area contributed by atoms with E-state index in [0.29, 0.717) is 30.8 Å². The molecule has 144 valence electrons. The Kier molecular flexibility index (Phi) is 5.20. The van der Waals surface area contributed by atoms with E-state index in [4.69, 9.17) is 4.74 Å². The summed E-state index contributed by atoms with van der Waals surface area (Å²) in [6.45, 7) is 2.17. The number of nitrogens with zero attached hydrogens (tertiary/aromatic N) is 2. The van der Waals surface area contributed by atoms with E-state index in [1.807, 2.05) is 4.90 Å². The van der Waals surface area contributed by atoms with Gasteiger partial charge in [0, 0.05) is 31.2 Å². The molecular weight excluding hydrogens is 352 g/mol. The van der Waals surface area contributed by atoms with Gasteiger partial charge < -0.3 is 14.6 Å². The van der Waals surface area contributed by atoms with E-state index in [1.165, 1.54) is 12.1 Å². The standard InChI is InChI=1S/C20H23F2N3O2/c21-16-4-3-14(10-17(16)22)18-12-23-20(24-18)13-5-7-25(8-6-13)19(26)11-15-2-1-9-27-15/h3-4,10,12-13,15H,1-2,5-9,11H2,(H,23,24)/t15-/m1/s1. The fourth-order valence-corrected chi connectivity index (χ4v) is 3.89. The molecule has 2 aliphatic rings. The summed E-state index contributed by atoms with van der Waals surface area (Å²) in [5.74, 6) is -0.501. The monoisotopic (exact) mass is 375 g/mol. The van der Waals surface area contributed by atoms with Crippen molar-refractivity contribution < 1.29 is 18.3 Å². The summed E-state index contributed by atoms with van der Waals surface area (Å²) in [6, 6.07) is 3.81. The first kappa shape index (κ1) is 18.1. The predicted molar refractivity (Wildman–Crippen MR) is 96.1 cm³/mol. The predicted octanol–water partition coefficient (Wildman–Crippen LogP) is 3.63. The van der Waals surface area contributed by atoms with Gasteiger partial charge in [0.1, 0.15) is 5.82 Å². The van der Waals surface area contributed by atoms with Gasteiger partial charge in [0.15, 0.2) is 11.6 Å². The van der Waals surface area contributed by atoms with Crippen LogP contribution in [-0.2, 0) is 9.53 Å². The van der Waals surface area contributed by atoms with Crippen LogP contribution < -0.4 is 0 Å². The summed E-state index contributed by atoms with van der Waals surface area (Å²) in [5.41, 5.74) is 1.23. The van der Waals surface area contributed by atoms with Crippen LogP contribution in [0.25, 0.3) is 11.3 Å². The van der Waals surface area contributed by atoms with Gasteiger partial charge in [0.05, 0.1) is 24.4 Å². The number of hydrogen-bond donors (Lipinski definition) is 1. The van der Waals surface area contributed by atoms with Crippen molar-refractivity contribution in [3.63, 3.8) is 0 Å². The summed E-state index contributed by atoms with van der Waals surface area (Å²) >= 11 is 0. The molecule has 7 heteroatoms. The molecule has 1 aromatic carbocycles. The maximum absolute atomic E-state index is 13.4. The fraction of sp³-hybridized carbons (Fsp3) is 0.500. The molecule has 0 unspecified atom stereocenters. The van der Waals surface area contributed by atoms with Crippen molar-refractivity contribution >= 4 is 5.91 Å². The van der Waals surface area contributed by atoms with Crippen molar-refractivity contribution in [2.24, 2.45) is 0 Å². The summed E-state index contributed by atoms with van der Waals surface area (Å²) in [7, 11) is 0. The number of nitrogens with one attached hydrogen (secondary N) is 1. The molecule has 1 aromatic heterocycles. The number of benzene rings is 1. The number of aromatic nitrogens is 2. The molecule has 0 spiro atoms. The molecule has 1 N–H and O–H groups in total. The third-order valence-electron chi connectivity index (χ3n) is 5.49. The fourth-order valence-electron chi connectivity index (χ4n) is 3.89. The van der Waals surface area contributed by atoms with Crippen LogP contribution in [-0.4, -0.2) is 46.6 Å². The van der Waals surface area contributed by atoms with Crippen molar-refractivity contribution in [3.05, 3.63) is 41.9 Å². The van der Waals surface area contributed by atoms with Crippen molar-refractivity contribution in [2.75, 3.05) is 19.7 Å². The molecule has 5 nitrogen and oxygen atoms in total. The van der Waals surface area contributed by atoms with E-state index in [-0.39, 0.29) is 17.9 Å². The number of likely N-dealkylation sites (tertiary alicyclic amines) is 1. The van der Waals surface area contributed by atoms with E-state index >= 15 is 0 Å². The number of halogens is 2. The molecular formula is C20H23F2N3O2. The van der Waals surface area contributed by atoms with Gasteiger partial charge in [0.2, 0.25) is 5.91 Å². The minimum Gasteiger partial charge on any atom is -0.378 e. The largest absolute Gasteiger partial charge is 0.378 e. The van der Waals surface area contributed by atoms with E-state index in [1.54, 1.807) is 6.20 Å². The second-order valence-electron chi connectivity index (χ2n) is 7.31. The Balaban J connectivity index is 1.35. The molecule has 27 heavy (non-hydrogen) atoms. The molecule has 1 atom stereocenters. The Morgan fingerprint density at radius 2 is 2.04 bits per heavy atom. The summed E-state index contributed by atoms with van der Waals surface area (Å²) in [6.07, 6.45) is 5.89. The summed E-state index contributed by atoms with van der Waals surface area (Å²) in [4.78, 5) is 22.0. The molecule has 4 rings (SSSR count). The number of rotatable bonds is 4. The number of piperidine rings is 1. The van der Waals surface area contributed by atoms with Crippen LogP contribution in [0.4, 0.5) is 8.78 Å². The third kappa shape index (κ3) is 4.03. The lowest BCUT2D eigenvalue weighted by Gasteiger charge is -2.31. The zero-order valence-corrected chi connectivity index (χ0v) is 15.1. The molecule has 0 bridgehead atoms. The topological polar surface area (TPSA) is 58.2 Å². The van der Waals surface area contributed by atoms with E-state index < -0.39 is 11.6 Å². The van der Waals surface area contributed by atoms with E-state index in [0.717, 1.165) is 44.2 Å². The van der Waals surface area contributed by atoms with Crippen LogP contribution in [0, 0.1) is 11.6 Å². The number of ether oxygens (including phenoxy) is 1. The van der Waals surface area contributed by atoms with Crippen LogP contribution in [0.1, 0.15) is 43.8 Å². The van der Waals surface area contributed by atoms with Crippen LogP contribution >= 0.6 is 0 Å². The molecule has 2 saturated heterocycles. The minimum atomic E-state index is -0.873. The quantitative estimate of drug-likeness (QED) is 0.888. The normalized spacial score (nSPS) is 21.0. The van der Waals surface area contributed by atoms with Crippen LogP contribution in [0.15, 0.2) is 24.4 Å². The van der Waals surface area contributed by atoms with Crippen LogP contribution in [0.2, 0.25) is 0 Å². The van der Waals surface area contributed by atoms with Crippen LogP contribution in [0.5, 0.6) is 0 Å². The third-order valence-corrected chi connectivity index (χ3v) is 5.49. The maximum Gasteiger partial charge on any atom is 0.225 e. The van der Waals surface area contributed by atoms with Crippen molar-refractivity contribution in [1.29, 1.82) is 0 Å². The Labute approximate surface area is 156 Å². The van der Waals surface area contributed by atoms with Gasteiger partial charge in [-0.3, -0.25) is 4.79 Å². The van der Waals surface area contributed by atoms with Crippen molar-refractivity contribution in [1.82, 2.24) is 14.9 Å². The Hall–Kier alpha value is -2.28. The number of amides is 1. The first-order valence-corrected chi connectivity index (χ1v) is 9.50. The number of carbonyl (C=O) groups excluding carboxylic acids is 1. The lowest BCUT2D eigenvalue weighted by atomic mass is 9.95. The molecule has 2 aromatic rings. The van der Waals surface area contributed by atoms with Gasteiger partial charge in [0.25, 0.3) is 0 Å². The average Bonchev–Trinajstić information content (AvgIpc) is 3.36. The van der Waals surface area contributed by atoms with Gasteiger partial charge in [-0.05, 0) is 43.9 Å². The first-order chi connectivity index (χ1) is 13.1. The van der Waals surface area contributed by atoms with Crippen molar-refractivity contribution in [2.45, 2.75) is 44.1 Å². The Bertz CT molecular complexity index is 809. The second kappa shape index (κ2) is 7.76. The second-order valence-corrected chi connectivity index (χ2v) is 7.31. The lowest BCUT2D eigenvalue weighted by molar-refractivity contribution is -0.134. The van der Waals surface area contributed by atoms with Gasteiger partial charge >= 0.3 is 0 Å². The van der Waals surface area contributed by atoms with E-state index in [2.05, 4.69) is 9.97 Å². The summed E-state index contributed by atoms with van der Waals surface area (Å²) in [5, 5.41) is 0. The van der Waals surface area contributed by atoms with Gasteiger partial charge in [-0.2, -0.15) is 0 Å². The maximum atomic E-state index is 13.4. The molecule has 0 saturated carbocycles. The Morgan fingerprint density at radius 1 is 1.22 bits per heavy atom. The van der Waals surface area contributed by atoms with E-state index in [9.17, 15) is 13.6 Å². The lowest BCUT2D eigenvalue weighted by Crippen LogP contribution is -2.39. The number of imidazole rings is 1. The molecule has 0 radical (unpaired) electrons. The van der Waals surface area contributed by atoms with Crippen molar-refractivity contribution in [3.8, 4) is 11.3 Å². The number of carbonyl (C=O) groups is 1. The molecule has 3 heterocycles. The molecule has 0 aliphatic carbocycles.